The average molecular weight is 272 g/mol. The molecule has 0 radical (unpaired) electrons. The molecule has 0 aliphatic heterocycles. The molecule has 0 saturated carbocycles. The van der Waals surface area contributed by atoms with Crippen molar-refractivity contribution >= 4 is 21.9 Å². The van der Waals surface area contributed by atoms with E-state index in [1.807, 2.05) is 0 Å². The highest BCUT2D eigenvalue weighted by molar-refractivity contribution is 9.08. The van der Waals surface area contributed by atoms with Crippen LogP contribution in [0.5, 0.6) is 0 Å². The predicted octanol–water partition coefficient (Wildman–Crippen LogP) is 2.38. The number of benzene rings is 1. The number of hydrogen-bond acceptors (Lipinski definition) is 3. The van der Waals surface area contributed by atoms with Gasteiger partial charge in [-0.15, -0.1) is 0 Å². The van der Waals surface area contributed by atoms with Gasteiger partial charge in [0, 0.05) is 5.33 Å². The molecule has 1 aromatic carbocycles. The van der Waals surface area contributed by atoms with Crippen LogP contribution < -0.4 is 0 Å². The Hall–Kier alpha value is -1.41. The van der Waals surface area contributed by atoms with E-state index in [1.165, 1.54) is 19.2 Å². The normalized spacial score (nSPS) is 9.47. The summed E-state index contributed by atoms with van der Waals surface area (Å²) in [5, 5.41) is 9.10. The Labute approximate surface area is 94.6 Å². The minimum atomic E-state index is -0.715. The highest BCUT2D eigenvalue weighted by Crippen LogP contribution is 2.18. The quantitative estimate of drug-likeness (QED) is 0.613. The number of methoxy groups -OCH3 is 1. The summed E-state index contributed by atoms with van der Waals surface area (Å²) in [5.41, 5.74) is 0.243. The number of rotatable bonds is 2. The minimum absolute atomic E-state index is 0.0468. The summed E-state index contributed by atoms with van der Waals surface area (Å²) >= 11 is 3.14. The molecule has 1 rings (SSSR count). The molecule has 5 heteroatoms. The van der Waals surface area contributed by atoms with Gasteiger partial charge >= 0.3 is 5.97 Å². The summed E-state index contributed by atoms with van der Waals surface area (Å²) in [5.74, 6) is -1.43. The molecule has 0 heterocycles. The summed E-state index contributed by atoms with van der Waals surface area (Å²) in [6, 6.07) is 4.28. The van der Waals surface area contributed by atoms with Gasteiger partial charge < -0.3 is 4.74 Å². The Balaban J connectivity index is 3.40. The molecule has 0 aliphatic carbocycles. The molecule has 15 heavy (non-hydrogen) atoms. The van der Waals surface area contributed by atoms with Crippen LogP contribution in [0.1, 0.15) is 21.5 Å². The van der Waals surface area contributed by atoms with Crippen molar-refractivity contribution in [1.82, 2.24) is 0 Å². The molecular weight excluding hydrogens is 265 g/mol. The highest BCUT2D eigenvalue weighted by Gasteiger charge is 2.17. The van der Waals surface area contributed by atoms with Crippen molar-refractivity contribution < 1.29 is 13.9 Å². The molecule has 3 nitrogen and oxygen atoms in total. The van der Waals surface area contributed by atoms with E-state index < -0.39 is 11.8 Å². The fourth-order valence-electron chi connectivity index (χ4n) is 1.12. The van der Waals surface area contributed by atoms with Crippen LogP contribution in [0.15, 0.2) is 12.1 Å². The van der Waals surface area contributed by atoms with Crippen LogP contribution in [0, 0.1) is 17.1 Å². The minimum Gasteiger partial charge on any atom is -0.465 e. The maximum absolute atomic E-state index is 13.3. The summed E-state index contributed by atoms with van der Waals surface area (Å²) in [6.45, 7) is 0. The Bertz CT molecular complexity index is 440. The summed E-state index contributed by atoms with van der Waals surface area (Å²) in [7, 11) is 1.18. The van der Waals surface area contributed by atoms with Gasteiger partial charge in [0.05, 0.1) is 12.7 Å². The number of halogens is 2. The zero-order chi connectivity index (χ0) is 11.4. The van der Waals surface area contributed by atoms with Gasteiger partial charge in [0.2, 0.25) is 0 Å². The lowest BCUT2D eigenvalue weighted by molar-refractivity contribution is 0.0599. The van der Waals surface area contributed by atoms with E-state index in [0.717, 1.165) is 0 Å². The Morgan fingerprint density at radius 3 is 2.80 bits per heavy atom. The van der Waals surface area contributed by atoms with Gasteiger partial charge in [-0.3, -0.25) is 0 Å². The maximum atomic E-state index is 13.3. The van der Waals surface area contributed by atoms with E-state index in [2.05, 4.69) is 20.7 Å². The van der Waals surface area contributed by atoms with E-state index in [1.54, 1.807) is 6.07 Å². The zero-order valence-electron chi connectivity index (χ0n) is 7.88. The third-order valence-electron chi connectivity index (χ3n) is 1.82. The maximum Gasteiger partial charge on any atom is 0.339 e. The molecule has 0 aromatic heterocycles. The smallest absolute Gasteiger partial charge is 0.339 e. The number of hydrogen-bond donors (Lipinski definition) is 0. The van der Waals surface area contributed by atoms with Gasteiger partial charge in [0.15, 0.2) is 0 Å². The fourth-order valence-corrected chi connectivity index (χ4v) is 1.45. The standard InChI is InChI=1S/C10H7BrFNO2/c1-15-10(14)7-2-6(4-11)3-9(12)8(7)5-13/h2-3H,4H2,1H3. The van der Waals surface area contributed by atoms with E-state index in [0.29, 0.717) is 10.9 Å². The molecule has 78 valence electrons. The number of esters is 1. The molecule has 0 spiro atoms. The lowest BCUT2D eigenvalue weighted by Gasteiger charge is -2.05. The van der Waals surface area contributed by atoms with Gasteiger partial charge in [-0.05, 0) is 17.7 Å². The summed E-state index contributed by atoms with van der Waals surface area (Å²) in [6.07, 6.45) is 0. The molecular formula is C10H7BrFNO2. The second kappa shape index (κ2) is 4.89. The lowest BCUT2D eigenvalue weighted by atomic mass is 10.0. The van der Waals surface area contributed by atoms with E-state index in [4.69, 9.17) is 5.26 Å². The zero-order valence-corrected chi connectivity index (χ0v) is 9.47. The highest BCUT2D eigenvalue weighted by atomic mass is 79.9. The summed E-state index contributed by atoms with van der Waals surface area (Å²) in [4.78, 5) is 11.3. The SMILES string of the molecule is COC(=O)c1cc(CBr)cc(F)c1C#N. The third kappa shape index (κ3) is 2.34. The largest absolute Gasteiger partial charge is 0.465 e. The molecule has 0 N–H and O–H groups in total. The molecule has 0 atom stereocenters. The first-order valence-corrected chi connectivity index (χ1v) is 5.13. The second-order valence-corrected chi connectivity index (χ2v) is 3.30. The van der Waals surface area contributed by atoms with Crippen LogP contribution in [-0.2, 0) is 10.1 Å². The van der Waals surface area contributed by atoms with Gasteiger partial charge in [-0.1, -0.05) is 15.9 Å². The molecule has 0 bridgehead atoms. The van der Waals surface area contributed by atoms with Crippen LogP contribution >= 0.6 is 15.9 Å². The van der Waals surface area contributed by atoms with Crippen molar-refractivity contribution in [3.8, 4) is 6.07 Å². The third-order valence-corrected chi connectivity index (χ3v) is 2.47. The monoisotopic (exact) mass is 271 g/mol. The molecule has 0 fully saturated rings. The van der Waals surface area contributed by atoms with Crippen LogP contribution in [-0.4, -0.2) is 13.1 Å². The van der Waals surface area contributed by atoms with E-state index >= 15 is 0 Å². The first-order chi connectivity index (χ1) is 7.13. The molecule has 0 amide bonds. The van der Waals surface area contributed by atoms with Crippen molar-refractivity contribution in [2.45, 2.75) is 5.33 Å². The van der Waals surface area contributed by atoms with Gasteiger partial charge in [-0.25, -0.2) is 9.18 Å². The lowest BCUT2D eigenvalue weighted by Crippen LogP contribution is -2.06. The number of carbonyl (C=O) groups is 1. The topological polar surface area (TPSA) is 50.1 Å². The van der Waals surface area contributed by atoms with Crippen molar-refractivity contribution in [3.63, 3.8) is 0 Å². The molecule has 0 saturated heterocycles. The van der Waals surface area contributed by atoms with Crippen molar-refractivity contribution in [3.05, 3.63) is 34.6 Å². The van der Waals surface area contributed by atoms with Crippen LogP contribution in [0.25, 0.3) is 0 Å². The first-order valence-electron chi connectivity index (χ1n) is 4.00. The molecule has 0 unspecified atom stereocenters. The fraction of sp³-hybridized carbons (Fsp3) is 0.200. The first kappa shape index (κ1) is 11.7. The number of nitriles is 1. The van der Waals surface area contributed by atoms with Gasteiger partial charge in [-0.2, -0.15) is 5.26 Å². The van der Waals surface area contributed by atoms with Crippen LogP contribution in [0.2, 0.25) is 0 Å². The Kier molecular flexibility index (Phi) is 3.81. The number of carbonyl (C=O) groups excluding carboxylic acids is 1. The van der Waals surface area contributed by atoms with Gasteiger partial charge in [0.25, 0.3) is 0 Å². The van der Waals surface area contributed by atoms with E-state index in [9.17, 15) is 9.18 Å². The van der Waals surface area contributed by atoms with Crippen molar-refractivity contribution in [2.75, 3.05) is 7.11 Å². The number of ether oxygens (including phenoxy) is 1. The van der Waals surface area contributed by atoms with E-state index in [-0.39, 0.29) is 11.1 Å². The predicted molar refractivity (Wildman–Crippen MR) is 55.1 cm³/mol. The van der Waals surface area contributed by atoms with Crippen LogP contribution in [0.4, 0.5) is 4.39 Å². The summed E-state index contributed by atoms with van der Waals surface area (Å²) < 4.78 is 17.8. The number of alkyl halides is 1. The molecule has 1 aromatic rings. The second-order valence-electron chi connectivity index (χ2n) is 2.74. The van der Waals surface area contributed by atoms with Crippen molar-refractivity contribution in [1.29, 1.82) is 5.26 Å². The van der Waals surface area contributed by atoms with Crippen molar-refractivity contribution in [2.24, 2.45) is 0 Å². The molecule has 0 aliphatic rings. The number of nitrogens with zero attached hydrogens (tertiary/aromatic N) is 1. The Morgan fingerprint density at radius 2 is 2.33 bits per heavy atom. The van der Waals surface area contributed by atoms with Gasteiger partial charge in [0.1, 0.15) is 17.4 Å². The Morgan fingerprint density at radius 1 is 1.67 bits per heavy atom. The average Bonchev–Trinajstić information content (AvgIpc) is 2.26. The van der Waals surface area contributed by atoms with Crippen LogP contribution in [0.3, 0.4) is 0 Å².